The number of hydrogen-bond acceptors (Lipinski definition) is 4. The van der Waals surface area contributed by atoms with Crippen LogP contribution in [0.25, 0.3) is 0 Å². The maximum atomic E-state index is 11.9. The number of Topliss-reactive ketones (excluding diaryl/α,β-unsaturated/α-hetero) is 1. The van der Waals surface area contributed by atoms with E-state index in [-0.39, 0.29) is 24.4 Å². The molecule has 0 aliphatic heterocycles. The van der Waals surface area contributed by atoms with Crippen LogP contribution < -0.4 is 0 Å². The van der Waals surface area contributed by atoms with Gasteiger partial charge in [0.1, 0.15) is 0 Å². The molecule has 1 rings (SSSR count). The van der Waals surface area contributed by atoms with Gasteiger partial charge in [0.05, 0.1) is 24.7 Å². The number of nitrogens with zero attached hydrogens (tertiary/aromatic N) is 1. The van der Waals surface area contributed by atoms with Gasteiger partial charge in [0.15, 0.2) is 5.78 Å². The second-order valence-corrected chi connectivity index (χ2v) is 3.67. The fourth-order valence-corrected chi connectivity index (χ4v) is 1.70. The summed E-state index contributed by atoms with van der Waals surface area (Å²) in [5.41, 5.74) is 1.10. The summed E-state index contributed by atoms with van der Waals surface area (Å²) >= 11 is 0. The van der Waals surface area contributed by atoms with Crippen molar-refractivity contribution < 1.29 is 14.3 Å². The topological polar surface area (TPSA) is 67.2 Å². The number of ether oxygens (including phenoxy) is 1. The molecule has 0 atom stereocenters. The molecule has 0 saturated heterocycles. The molecule has 0 bridgehead atoms. The molecule has 1 aromatic rings. The van der Waals surface area contributed by atoms with Gasteiger partial charge >= 0.3 is 5.97 Å². The summed E-state index contributed by atoms with van der Waals surface area (Å²) in [5.74, 6) is -0.669. The maximum Gasteiger partial charge on any atom is 0.339 e. The molecule has 18 heavy (non-hydrogen) atoms. The summed E-state index contributed by atoms with van der Waals surface area (Å²) in [6, 6.07) is 6.93. The highest BCUT2D eigenvalue weighted by Crippen LogP contribution is 2.18. The molecular formula is C14H15NO3. The van der Waals surface area contributed by atoms with Crippen molar-refractivity contribution in [1.82, 2.24) is 0 Å². The number of carbonyl (C=O) groups excluding carboxylic acids is 2. The van der Waals surface area contributed by atoms with Crippen LogP contribution in [0.1, 0.15) is 46.5 Å². The predicted octanol–water partition coefficient (Wildman–Crippen LogP) is 2.52. The molecule has 4 nitrogen and oxygen atoms in total. The molecule has 0 amide bonds. The standard InChI is InChI=1S/C14H15NO3/c1-3-12(16)11-7-5-6-10(8-9-15)13(11)14(17)18-4-2/h5-7H,3-4,8H2,1-2H3. The van der Waals surface area contributed by atoms with Crippen LogP contribution in [0.15, 0.2) is 18.2 Å². The number of esters is 1. The zero-order valence-electron chi connectivity index (χ0n) is 10.5. The molecule has 0 unspecified atom stereocenters. The summed E-state index contributed by atoms with van der Waals surface area (Å²) in [6.45, 7) is 3.67. The van der Waals surface area contributed by atoms with Crippen LogP contribution in [-0.2, 0) is 11.2 Å². The lowest BCUT2D eigenvalue weighted by atomic mass is 9.95. The summed E-state index contributed by atoms with van der Waals surface area (Å²) in [4.78, 5) is 23.7. The third kappa shape index (κ3) is 2.95. The molecule has 0 aliphatic rings. The van der Waals surface area contributed by atoms with E-state index in [1.807, 2.05) is 6.07 Å². The number of hydrogen-bond donors (Lipinski definition) is 0. The first kappa shape index (κ1) is 13.9. The predicted molar refractivity (Wildman–Crippen MR) is 66.3 cm³/mol. The Morgan fingerprint density at radius 2 is 2.06 bits per heavy atom. The van der Waals surface area contributed by atoms with Gasteiger partial charge in [-0.2, -0.15) is 5.26 Å². The van der Waals surface area contributed by atoms with Crippen LogP contribution in [0.4, 0.5) is 0 Å². The number of rotatable bonds is 5. The van der Waals surface area contributed by atoms with Crippen molar-refractivity contribution in [3.8, 4) is 6.07 Å². The summed E-state index contributed by atoms with van der Waals surface area (Å²) in [5, 5.41) is 8.76. The average Bonchev–Trinajstić information content (AvgIpc) is 2.38. The molecule has 0 radical (unpaired) electrons. The molecule has 0 fully saturated rings. The van der Waals surface area contributed by atoms with Crippen LogP contribution in [-0.4, -0.2) is 18.4 Å². The van der Waals surface area contributed by atoms with Crippen molar-refractivity contribution in [2.24, 2.45) is 0 Å². The van der Waals surface area contributed by atoms with E-state index >= 15 is 0 Å². The smallest absolute Gasteiger partial charge is 0.339 e. The molecule has 0 saturated carbocycles. The molecule has 0 aromatic heterocycles. The van der Waals surface area contributed by atoms with E-state index in [1.54, 1.807) is 32.0 Å². The minimum Gasteiger partial charge on any atom is -0.462 e. The fraction of sp³-hybridized carbons (Fsp3) is 0.357. The van der Waals surface area contributed by atoms with Crippen molar-refractivity contribution in [1.29, 1.82) is 5.26 Å². The van der Waals surface area contributed by atoms with Gasteiger partial charge in [-0.05, 0) is 12.5 Å². The van der Waals surface area contributed by atoms with Gasteiger partial charge in [-0.25, -0.2) is 4.79 Å². The Bertz CT molecular complexity index is 500. The second kappa shape index (κ2) is 6.55. The summed E-state index contributed by atoms with van der Waals surface area (Å²) in [6.07, 6.45) is 0.390. The van der Waals surface area contributed by atoms with Gasteiger partial charge in [-0.15, -0.1) is 0 Å². The van der Waals surface area contributed by atoms with Crippen molar-refractivity contribution in [3.63, 3.8) is 0 Å². The molecule has 4 heteroatoms. The third-order valence-electron chi connectivity index (χ3n) is 2.52. The quantitative estimate of drug-likeness (QED) is 0.590. The normalized spacial score (nSPS) is 9.61. The van der Waals surface area contributed by atoms with Gasteiger partial charge in [-0.1, -0.05) is 25.1 Å². The molecular weight excluding hydrogens is 230 g/mol. The first-order chi connectivity index (χ1) is 8.65. The molecule has 0 heterocycles. The molecule has 0 aliphatic carbocycles. The van der Waals surface area contributed by atoms with E-state index < -0.39 is 5.97 Å². The lowest BCUT2D eigenvalue weighted by Crippen LogP contribution is -2.14. The minimum absolute atomic E-state index is 0.0823. The Labute approximate surface area is 106 Å². The largest absolute Gasteiger partial charge is 0.462 e. The number of benzene rings is 1. The maximum absolute atomic E-state index is 11.9. The zero-order chi connectivity index (χ0) is 13.5. The Morgan fingerprint density at radius 3 is 2.61 bits per heavy atom. The molecule has 1 aromatic carbocycles. The SMILES string of the molecule is CCOC(=O)c1c(CC#N)cccc1C(=O)CC. The van der Waals surface area contributed by atoms with E-state index in [2.05, 4.69) is 0 Å². The highest BCUT2D eigenvalue weighted by molar-refractivity contribution is 6.07. The van der Waals surface area contributed by atoms with Gasteiger partial charge in [0, 0.05) is 12.0 Å². The molecule has 0 N–H and O–H groups in total. The lowest BCUT2D eigenvalue weighted by Gasteiger charge is -2.10. The van der Waals surface area contributed by atoms with Crippen LogP contribution in [0.2, 0.25) is 0 Å². The number of carbonyl (C=O) groups is 2. The van der Waals surface area contributed by atoms with E-state index in [1.165, 1.54) is 0 Å². The monoisotopic (exact) mass is 245 g/mol. The zero-order valence-corrected chi connectivity index (χ0v) is 10.5. The second-order valence-electron chi connectivity index (χ2n) is 3.67. The van der Waals surface area contributed by atoms with E-state index in [0.29, 0.717) is 17.5 Å². The Kier molecular flexibility index (Phi) is 5.06. The highest BCUT2D eigenvalue weighted by Gasteiger charge is 2.20. The van der Waals surface area contributed by atoms with Crippen molar-refractivity contribution in [3.05, 3.63) is 34.9 Å². The van der Waals surface area contributed by atoms with Crippen molar-refractivity contribution >= 4 is 11.8 Å². The Morgan fingerprint density at radius 1 is 1.33 bits per heavy atom. The minimum atomic E-state index is -0.542. The molecule has 94 valence electrons. The van der Waals surface area contributed by atoms with E-state index in [0.717, 1.165) is 0 Å². The summed E-state index contributed by atoms with van der Waals surface area (Å²) in [7, 11) is 0. The van der Waals surface area contributed by atoms with Gasteiger partial charge in [0.2, 0.25) is 0 Å². The lowest BCUT2D eigenvalue weighted by molar-refractivity contribution is 0.0522. The summed E-state index contributed by atoms with van der Waals surface area (Å²) < 4.78 is 4.95. The van der Waals surface area contributed by atoms with Gasteiger partial charge < -0.3 is 4.74 Å². The first-order valence-corrected chi connectivity index (χ1v) is 5.84. The van der Waals surface area contributed by atoms with Crippen LogP contribution >= 0.6 is 0 Å². The number of nitriles is 1. The van der Waals surface area contributed by atoms with Crippen molar-refractivity contribution in [2.45, 2.75) is 26.7 Å². The third-order valence-corrected chi connectivity index (χ3v) is 2.52. The fourth-order valence-electron chi connectivity index (χ4n) is 1.70. The van der Waals surface area contributed by atoms with Crippen LogP contribution in [0.3, 0.4) is 0 Å². The van der Waals surface area contributed by atoms with Crippen LogP contribution in [0, 0.1) is 11.3 Å². The average molecular weight is 245 g/mol. The molecule has 0 spiro atoms. The highest BCUT2D eigenvalue weighted by atomic mass is 16.5. The van der Waals surface area contributed by atoms with Crippen LogP contribution in [0.5, 0.6) is 0 Å². The van der Waals surface area contributed by atoms with E-state index in [9.17, 15) is 9.59 Å². The number of ketones is 1. The van der Waals surface area contributed by atoms with Crippen molar-refractivity contribution in [2.75, 3.05) is 6.61 Å². The van der Waals surface area contributed by atoms with Gasteiger partial charge in [-0.3, -0.25) is 4.79 Å². The Hall–Kier alpha value is -2.15. The first-order valence-electron chi connectivity index (χ1n) is 5.84. The Balaban J connectivity index is 3.34. The van der Waals surface area contributed by atoms with E-state index in [4.69, 9.17) is 10.00 Å². The van der Waals surface area contributed by atoms with Gasteiger partial charge in [0.25, 0.3) is 0 Å².